The van der Waals surface area contributed by atoms with Crippen LogP contribution in [0, 0.1) is 17.6 Å². The Balaban J connectivity index is 1.53. The smallest absolute Gasteiger partial charge is 0.246 e. The lowest BCUT2D eigenvalue weighted by atomic mass is 9.97. The summed E-state index contributed by atoms with van der Waals surface area (Å²) in [6.07, 6.45) is 4.73. The normalized spacial score (nSPS) is 16.1. The van der Waals surface area contributed by atoms with E-state index in [2.05, 4.69) is 10.3 Å². The van der Waals surface area contributed by atoms with E-state index in [-0.39, 0.29) is 24.9 Å². The molecule has 1 aromatic carbocycles. The molecule has 6 nitrogen and oxygen atoms in total. The first-order valence-corrected chi connectivity index (χ1v) is 10.4. The zero-order chi connectivity index (χ0) is 20.1. The number of benzene rings is 1. The SMILES string of the molecule is O=C(NCCc1cccnc1)C1CCN(S(=O)(=O)c2cc(F)ccc2F)CC1. The van der Waals surface area contributed by atoms with Gasteiger partial charge < -0.3 is 5.32 Å². The standard InChI is InChI=1S/C19H21F2N3O3S/c20-16-3-4-17(21)18(12-16)28(26,27)24-10-6-15(7-11-24)19(25)23-9-5-14-2-1-8-22-13-14/h1-4,8,12-13,15H,5-7,9-11H2,(H,23,25). The maximum absolute atomic E-state index is 13.9. The van der Waals surface area contributed by atoms with Crippen LogP contribution in [-0.4, -0.2) is 43.2 Å². The van der Waals surface area contributed by atoms with Crippen molar-refractivity contribution in [2.75, 3.05) is 19.6 Å². The molecule has 2 aromatic rings. The van der Waals surface area contributed by atoms with Gasteiger partial charge in [0.1, 0.15) is 16.5 Å². The minimum absolute atomic E-state index is 0.0823. The molecule has 3 rings (SSSR count). The first-order valence-electron chi connectivity index (χ1n) is 9.00. The van der Waals surface area contributed by atoms with E-state index in [0.717, 1.165) is 22.0 Å². The number of aromatic nitrogens is 1. The summed E-state index contributed by atoms with van der Waals surface area (Å²) < 4.78 is 53.5. The molecule has 0 radical (unpaired) electrons. The number of rotatable bonds is 6. The minimum Gasteiger partial charge on any atom is -0.356 e. The van der Waals surface area contributed by atoms with Crippen molar-refractivity contribution < 1.29 is 22.0 Å². The fraction of sp³-hybridized carbons (Fsp3) is 0.368. The highest BCUT2D eigenvalue weighted by molar-refractivity contribution is 7.89. The van der Waals surface area contributed by atoms with Crippen molar-refractivity contribution >= 4 is 15.9 Å². The third-order valence-electron chi connectivity index (χ3n) is 4.77. The molecule has 150 valence electrons. The fourth-order valence-electron chi connectivity index (χ4n) is 3.19. The summed E-state index contributed by atoms with van der Waals surface area (Å²) in [4.78, 5) is 15.6. The zero-order valence-corrected chi connectivity index (χ0v) is 16.0. The fourth-order valence-corrected chi connectivity index (χ4v) is 4.74. The van der Waals surface area contributed by atoms with Gasteiger partial charge in [-0.25, -0.2) is 17.2 Å². The summed E-state index contributed by atoms with van der Waals surface area (Å²) in [5.74, 6) is -2.24. The second-order valence-corrected chi connectivity index (χ2v) is 8.56. The summed E-state index contributed by atoms with van der Waals surface area (Å²) in [6, 6.07) is 6.10. The van der Waals surface area contributed by atoms with Gasteiger partial charge in [-0.05, 0) is 49.1 Å². The van der Waals surface area contributed by atoms with Crippen LogP contribution in [0.25, 0.3) is 0 Å². The van der Waals surface area contributed by atoms with Crippen LogP contribution in [0.15, 0.2) is 47.6 Å². The second kappa shape index (κ2) is 8.74. The molecule has 1 fully saturated rings. The predicted octanol–water partition coefficient (Wildman–Crippen LogP) is 2.12. The Kier molecular flexibility index (Phi) is 6.35. The topological polar surface area (TPSA) is 79.4 Å². The van der Waals surface area contributed by atoms with Crippen LogP contribution < -0.4 is 5.32 Å². The van der Waals surface area contributed by atoms with Crippen molar-refractivity contribution in [3.8, 4) is 0 Å². The van der Waals surface area contributed by atoms with Gasteiger partial charge >= 0.3 is 0 Å². The first-order chi connectivity index (χ1) is 13.4. The summed E-state index contributed by atoms with van der Waals surface area (Å²) in [6.45, 7) is 0.634. The van der Waals surface area contributed by atoms with E-state index in [9.17, 15) is 22.0 Å². The molecule has 1 amide bonds. The number of halogens is 2. The van der Waals surface area contributed by atoms with Crippen molar-refractivity contribution in [1.82, 2.24) is 14.6 Å². The highest BCUT2D eigenvalue weighted by atomic mass is 32.2. The number of hydrogen-bond donors (Lipinski definition) is 1. The van der Waals surface area contributed by atoms with E-state index < -0.39 is 26.6 Å². The van der Waals surface area contributed by atoms with Gasteiger partial charge in [0, 0.05) is 37.9 Å². The van der Waals surface area contributed by atoms with Crippen LogP contribution in [0.4, 0.5) is 8.78 Å². The van der Waals surface area contributed by atoms with E-state index in [0.29, 0.717) is 31.9 Å². The molecular formula is C19H21F2N3O3S. The molecule has 0 spiro atoms. The molecule has 28 heavy (non-hydrogen) atoms. The maximum atomic E-state index is 13.9. The Bertz CT molecular complexity index is 931. The van der Waals surface area contributed by atoms with Gasteiger partial charge in [-0.15, -0.1) is 0 Å². The van der Waals surface area contributed by atoms with Gasteiger partial charge in [-0.2, -0.15) is 4.31 Å². The molecular weight excluding hydrogens is 388 g/mol. The monoisotopic (exact) mass is 409 g/mol. The van der Waals surface area contributed by atoms with Crippen LogP contribution in [-0.2, 0) is 21.2 Å². The van der Waals surface area contributed by atoms with Gasteiger partial charge in [-0.1, -0.05) is 6.07 Å². The number of amides is 1. The number of carbonyl (C=O) groups is 1. The number of nitrogens with one attached hydrogen (secondary N) is 1. The number of sulfonamides is 1. The molecule has 1 aromatic heterocycles. The highest BCUT2D eigenvalue weighted by Gasteiger charge is 2.33. The van der Waals surface area contributed by atoms with Crippen molar-refractivity contribution in [3.05, 3.63) is 59.9 Å². The Labute approximate surface area is 162 Å². The molecule has 0 unspecified atom stereocenters. The molecule has 0 saturated carbocycles. The zero-order valence-electron chi connectivity index (χ0n) is 15.1. The van der Waals surface area contributed by atoms with E-state index in [1.165, 1.54) is 0 Å². The molecule has 9 heteroatoms. The lowest BCUT2D eigenvalue weighted by molar-refractivity contribution is -0.126. The quantitative estimate of drug-likeness (QED) is 0.793. The second-order valence-electron chi connectivity index (χ2n) is 6.66. The van der Waals surface area contributed by atoms with Crippen LogP contribution in [0.5, 0.6) is 0 Å². The van der Waals surface area contributed by atoms with Crippen LogP contribution >= 0.6 is 0 Å². The minimum atomic E-state index is -4.14. The average molecular weight is 409 g/mol. The molecule has 1 aliphatic heterocycles. The molecule has 1 aliphatic rings. The molecule has 0 aliphatic carbocycles. The van der Waals surface area contributed by atoms with Crippen LogP contribution in [0.3, 0.4) is 0 Å². The largest absolute Gasteiger partial charge is 0.356 e. The summed E-state index contributed by atoms with van der Waals surface area (Å²) in [7, 11) is -4.14. The molecule has 2 heterocycles. The maximum Gasteiger partial charge on any atom is 0.246 e. The van der Waals surface area contributed by atoms with E-state index in [1.54, 1.807) is 12.4 Å². The predicted molar refractivity (Wildman–Crippen MR) is 98.8 cm³/mol. The van der Waals surface area contributed by atoms with Crippen molar-refractivity contribution in [3.63, 3.8) is 0 Å². The van der Waals surface area contributed by atoms with E-state index in [4.69, 9.17) is 0 Å². The number of carbonyl (C=O) groups excluding carboxylic acids is 1. The lowest BCUT2D eigenvalue weighted by Crippen LogP contribution is -2.43. The van der Waals surface area contributed by atoms with Crippen LogP contribution in [0.2, 0.25) is 0 Å². The van der Waals surface area contributed by atoms with E-state index in [1.807, 2.05) is 12.1 Å². The molecule has 1 saturated heterocycles. The van der Waals surface area contributed by atoms with Gasteiger partial charge in [-0.3, -0.25) is 9.78 Å². The number of nitrogens with zero attached hydrogens (tertiary/aromatic N) is 2. The molecule has 0 atom stereocenters. The average Bonchev–Trinajstić information content (AvgIpc) is 2.70. The Morgan fingerprint density at radius 3 is 2.64 bits per heavy atom. The molecule has 1 N–H and O–H groups in total. The summed E-state index contributed by atoms with van der Waals surface area (Å²) in [5, 5.41) is 2.86. The van der Waals surface area contributed by atoms with Gasteiger partial charge in [0.25, 0.3) is 0 Å². The lowest BCUT2D eigenvalue weighted by Gasteiger charge is -2.30. The Hall–Kier alpha value is -2.39. The third kappa shape index (κ3) is 4.71. The van der Waals surface area contributed by atoms with Crippen molar-refractivity contribution in [1.29, 1.82) is 0 Å². The Morgan fingerprint density at radius 1 is 1.21 bits per heavy atom. The molecule has 0 bridgehead atoms. The van der Waals surface area contributed by atoms with E-state index >= 15 is 0 Å². The van der Waals surface area contributed by atoms with Gasteiger partial charge in [0.05, 0.1) is 0 Å². The third-order valence-corrected chi connectivity index (χ3v) is 6.69. The first kappa shape index (κ1) is 20.3. The number of hydrogen-bond acceptors (Lipinski definition) is 4. The van der Waals surface area contributed by atoms with Crippen molar-refractivity contribution in [2.24, 2.45) is 5.92 Å². The van der Waals surface area contributed by atoms with Crippen molar-refractivity contribution in [2.45, 2.75) is 24.2 Å². The van der Waals surface area contributed by atoms with Gasteiger partial charge in [0.15, 0.2) is 0 Å². The van der Waals surface area contributed by atoms with Gasteiger partial charge in [0.2, 0.25) is 15.9 Å². The number of pyridine rings is 1. The highest BCUT2D eigenvalue weighted by Crippen LogP contribution is 2.26. The van der Waals surface area contributed by atoms with Crippen LogP contribution in [0.1, 0.15) is 18.4 Å². The Morgan fingerprint density at radius 2 is 1.96 bits per heavy atom. The summed E-state index contributed by atoms with van der Waals surface area (Å²) in [5.41, 5.74) is 1.01. The number of piperidine rings is 1. The summed E-state index contributed by atoms with van der Waals surface area (Å²) >= 11 is 0.